The number of fused-ring (bicyclic) bond motifs is 1. The molecule has 2 fully saturated rings. The quantitative estimate of drug-likeness (QED) is 0.594. The van der Waals surface area contributed by atoms with Gasteiger partial charge < -0.3 is 15.0 Å². The maximum Gasteiger partial charge on any atom is 0.254 e. The lowest BCUT2D eigenvalue weighted by Gasteiger charge is -2.32. The molecule has 1 N–H and O–H groups in total. The normalized spacial score (nSPS) is 19.0. The van der Waals surface area contributed by atoms with Crippen molar-refractivity contribution in [3.8, 4) is 0 Å². The Hall–Kier alpha value is -3.22. The number of benzene rings is 3. The highest BCUT2D eigenvalue weighted by atomic mass is 16.5. The van der Waals surface area contributed by atoms with Gasteiger partial charge in [-0.25, -0.2) is 0 Å². The summed E-state index contributed by atoms with van der Waals surface area (Å²) in [5.74, 6) is -0.145. The largest absolute Gasteiger partial charge is 0.379 e. The van der Waals surface area contributed by atoms with E-state index in [1.807, 2.05) is 47.4 Å². The molecule has 6 heteroatoms. The molecule has 0 radical (unpaired) electrons. The van der Waals surface area contributed by atoms with Gasteiger partial charge in [-0.2, -0.15) is 0 Å². The van der Waals surface area contributed by atoms with Crippen LogP contribution in [-0.2, 0) is 22.6 Å². The number of morpholine rings is 1. The van der Waals surface area contributed by atoms with Gasteiger partial charge in [0.2, 0.25) is 5.91 Å². The second-order valence-corrected chi connectivity index (χ2v) is 9.54. The zero-order chi connectivity index (χ0) is 24.0. The molecule has 182 valence electrons. The van der Waals surface area contributed by atoms with Crippen LogP contribution in [0.15, 0.2) is 66.7 Å². The molecule has 0 saturated carbocycles. The number of ether oxygens (including phenoxy) is 1. The van der Waals surface area contributed by atoms with E-state index in [9.17, 15) is 9.59 Å². The maximum atomic E-state index is 13.3. The van der Waals surface area contributed by atoms with E-state index in [1.54, 1.807) is 0 Å². The predicted molar refractivity (Wildman–Crippen MR) is 137 cm³/mol. The molecule has 2 saturated heterocycles. The van der Waals surface area contributed by atoms with E-state index >= 15 is 0 Å². The van der Waals surface area contributed by atoms with Crippen LogP contribution in [0.4, 0.5) is 0 Å². The fourth-order valence-corrected chi connectivity index (χ4v) is 5.15. The van der Waals surface area contributed by atoms with E-state index in [0.29, 0.717) is 25.2 Å². The van der Waals surface area contributed by atoms with Gasteiger partial charge in [0.1, 0.15) is 0 Å². The molecule has 1 atom stereocenters. The standard InChI is InChI=1S/C29H33N3O3/c33-28(30-19-22-6-3-7-23(18-22)20-31-14-16-35-17-15-31)25-10-5-13-32(21-25)29(34)27-12-4-9-24-8-1-2-11-26(24)27/h1-4,6-9,11-12,18,25H,5,10,13-17,19-21H2,(H,30,33). The minimum atomic E-state index is -0.181. The maximum absolute atomic E-state index is 13.3. The van der Waals surface area contributed by atoms with Crippen molar-refractivity contribution in [1.29, 1.82) is 0 Å². The van der Waals surface area contributed by atoms with Crippen LogP contribution in [0, 0.1) is 5.92 Å². The molecular weight excluding hydrogens is 438 g/mol. The van der Waals surface area contributed by atoms with Gasteiger partial charge >= 0.3 is 0 Å². The predicted octanol–water partition coefficient (Wildman–Crippen LogP) is 3.84. The van der Waals surface area contributed by atoms with Gasteiger partial charge in [-0.1, -0.05) is 60.7 Å². The van der Waals surface area contributed by atoms with Crippen molar-refractivity contribution in [2.45, 2.75) is 25.9 Å². The van der Waals surface area contributed by atoms with Crippen LogP contribution >= 0.6 is 0 Å². The van der Waals surface area contributed by atoms with Gasteiger partial charge in [-0.3, -0.25) is 14.5 Å². The first-order valence-electron chi connectivity index (χ1n) is 12.6. The Kier molecular flexibility index (Phi) is 7.40. The Morgan fingerprint density at radius 2 is 1.69 bits per heavy atom. The second kappa shape index (κ2) is 11.0. The third-order valence-electron chi connectivity index (χ3n) is 7.07. The molecule has 0 spiro atoms. The van der Waals surface area contributed by atoms with E-state index in [1.165, 1.54) is 5.56 Å². The molecule has 5 rings (SSSR count). The van der Waals surface area contributed by atoms with Gasteiger partial charge in [-0.15, -0.1) is 0 Å². The summed E-state index contributed by atoms with van der Waals surface area (Å²) in [4.78, 5) is 30.6. The molecular formula is C29H33N3O3. The van der Waals surface area contributed by atoms with Crippen molar-refractivity contribution < 1.29 is 14.3 Å². The van der Waals surface area contributed by atoms with E-state index in [-0.39, 0.29) is 17.7 Å². The summed E-state index contributed by atoms with van der Waals surface area (Å²) < 4.78 is 5.44. The number of amides is 2. The first-order valence-corrected chi connectivity index (χ1v) is 12.6. The van der Waals surface area contributed by atoms with E-state index in [4.69, 9.17) is 4.74 Å². The minimum Gasteiger partial charge on any atom is -0.379 e. The number of carbonyl (C=O) groups is 2. The Morgan fingerprint density at radius 1 is 0.914 bits per heavy atom. The topological polar surface area (TPSA) is 61.9 Å². The smallest absolute Gasteiger partial charge is 0.254 e. The molecule has 0 aliphatic carbocycles. The van der Waals surface area contributed by atoms with Crippen LogP contribution in [0.2, 0.25) is 0 Å². The Bertz CT molecular complexity index is 1180. The van der Waals surface area contributed by atoms with E-state index in [0.717, 1.165) is 62.0 Å². The van der Waals surface area contributed by atoms with Crippen molar-refractivity contribution in [2.24, 2.45) is 5.92 Å². The van der Waals surface area contributed by atoms with Crippen molar-refractivity contribution in [3.05, 3.63) is 83.4 Å². The summed E-state index contributed by atoms with van der Waals surface area (Å²) in [6.45, 7) is 6.05. The molecule has 2 aliphatic rings. The lowest BCUT2D eigenvalue weighted by molar-refractivity contribution is -0.126. The monoisotopic (exact) mass is 471 g/mol. The van der Waals surface area contributed by atoms with E-state index in [2.05, 4.69) is 34.5 Å². The van der Waals surface area contributed by atoms with Crippen molar-refractivity contribution in [1.82, 2.24) is 15.1 Å². The van der Waals surface area contributed by atoms with Crippen molar-refractivity contribution in [2.75, 3.05) is 39.4 Å². The number of rotatable bonds is 6. The van der Waals surface area contributed by atoms with Crippen LogP contribution in [0.5, 0.6) is 0 Å². The molecule has 0 bridgehead atoms. The van der Waals surface area contributed by atoms with Gasteiger partial charge in [0.25, 0.3) is 5.91 Å². The van der Waals surface area contributed by atoms with Crippen LogP contribution in [-0.4, -0.2) is 61.0 Å². The Labute approximate surface area is 206 Å². The van der Waals surface area contributed by atoms with Crippen LogP contribution in [0.25, 0.3) is 10.8 Å². The number of hydrogen-bond donors (Lipinski definition) is 1. The molecule has 3 aromatic carbocycles. The molecule has 2 amide bonds. The highest BCUT2D eigenvalue weighted by Gasteiger charge is 2.29. The van der Waals surface area contributed by atoms with Gasteiger partial charge in [0.15, 0.2) is 0 Å². The minimum absolute atomic E-state index is 0.00936. The average Bonchev–Trinajstić information content (AvgIpc) is 2.92. The number of piperidine rings is 1. The zero-order valence-corrected chi connectivity index (χ0v) is 20.1. The zero-order valence-electron chi connectivity index (χ0n) is 20.1. The molecule has 2 aliphatic heterocycles. The summed E-state index contributed by atoms with van der Waals surface area (Å²) in [5, 5.41) is 5.14. The Balaban J connectivity index is 1.18. The molecule has 1 unspecified atom stereocenters. The Morgan fingerprint density at radius 3 is 2.57 bits per heavy atom. The number of hydrogen-bond acceptors (Lipinski definition) is 4. The molecule has 6 nitrogen and oxygen atoms in total. The first kappa shape index (κ1) is 23.5. The van der Waals surface area contributed by atoms with Gasteiger partial charge in [0, 0.05) is 44.8 Å². The highest BCUT2D eigenvalue weighted by molar-refractivity contribution is 6.07. The van der Waals surface area contributed by atoms with Crippen LogP contribution < -0.4 is 5.32 Å². The number of nitrogens with one attached hydrogen (secondary N) is 1. The molecule has 3 aromatic rings. The van der Waals surface area contributed by atoms with Crippen LogP contribution in [0.1, 0.15) is 34.3 Å². The number of nitrogens with zero attached hydrogens (tertiary/aromatic N) is 2. The lowest BCUT2D eigenvalue weighted by atomic mass is 9.95. The SMILES string of the molecule is O=C(NCc1cccc(CN2CCOCC2)c1)C1CCCN(C(=O)c2cccc3ccccc23)C1. The molecule has 35 heavy (non-hydrogen) atoms. The summed E-state index contributed by atoms with van der Waals surface area (Å²) >= 11 is 0. The highest BCUT2D eigenvalue weighted by Crippen LogP contribution is 2.24. The summed E-state index contributed by atoms with van der Waals surface area (Å²) in [7, 11) is 0. The summed E-state index contributed by atoms with van der Waals surface area (Å²) in [5.41, 5.74) is 3.06. The third kappa shape index (κ3) is 5.72. The average molecular weight is 472 g/mol. The number of likely N-dealkylation sites (tertiary alicyclic amines) is 1. The summed E-state index contributed by atoms with van der Waals surface area (Å²) in [6.07, 6.45) is 1.64. The third-order valence-corrected chi connectivity index (χ3v) is 7.07. The fourth-order valence-electron chi connectivity index (χ4n) is 5.15. The van der Waals surface area contributed by atoms with Crippen molar-refractivity contribution in [3.63, 3.8) is 0 Å². The van der Waals surface area contributed by atoms with Crippen LogP contribution in [0.3, 0.4) is 0 Å². The lowest BCUT2D eigenvalue weighted by Crippen LogP contribution is -2.45. The fraction of sp³-hybridized carbons (Fsp3) is 0.379. The molecule has 2 heterocycles. The van der Waals surface area contributed by atoms with Gasteiger partial charge in [0.05, 0.1) is 19.1 Å². The second-order valence-electron chi connectivity index (χ2n) is 9.54. The molecule has 0 aromatic heterocycles. The van der Waals surface area contributed by atoms with Gasteiger partial charge in [-0.05, 0) is 40.8 Å². The number of carbonyl (C=O) groups excluding carboxylic acids is 2. The van der Waals surface area contributed by atoms with E-state index < -0.39 is 0 Å². The van der Waals surface area contributed by atoms with Crippen molar-refractivity contribution >= 4 is 22.6 Å². The first-order chi connectivity index (χ1) is 17.2. The summed E-state index contributed by atoms with van der Waals surface area (Å²) in [6, 6.07) is 22.2.